The zero-order chi connectivity index (χ0) is 13.7. The topological polar surface area (TPSA) is 53.1 Å². The third kappa shape index (κ3) is 4.06. The summed E-state index contributed by atoms with van der Waals surface area (Å²) in [7, 11) is 2.08. The van der Waals surface area contributed by atoms with Gasteiger partial charge in [-0.05, 0) is 32.7 Å². The number of nitrogens with one attached hydrogen (secondary N) is 2. The molecule has 106 valence electrons. The van der Waals surface area contributed by atoms with Crippen molar-refractivity contribution < 1.29 is 0 Å². The van der Waals surface area contributed by atoms with Crippen molar-refractivity contribution in [3.8, 4) is 0 Å². The Balaban J connectivity index is 1.99. The molecule has 0 spiro atoms. The number of anilines is 2. The first kappa shape index (κ1) is 14.1. The van der Waals surface area contributed by atoms with Crippen LogP contribution in [0.5, 0.6) is 0 Å². The van der Waals surface area contributed by atoms with Crippen LogP contribution in [0, 0.1) is 6.92 Å². The molecule has 2 N–H and O–H groups in total. The van der Waals surface area contributed by atoms with Gasteiger partial charge in [0.05, 0.1) is 0 Å². The van der Waals surface area contributed by atoms with Gasteiger partial charge in [0.25, 0.3) is 0 Å². The zero-order valence-corrected chi connectivity index (χ0v) is 12.2. The van der Waals surface area contributed by atoms with E-state index in [1.807, 2.05) is 13.0 Å². The first-order chi connectivity index (χ1) is 9.19. The van der Waals surface area contributed by atoms with E-state index >= 15 is 0 Å². The molecule has 1 aromatic heterocycles. The van der Waals surface area contributed by atoms with Gasteiger partial charge in [0.1, 0.15) is 17.5 Å². The van der Waals surface area contributed by atoms with Gasteiger partial charge in [-0.3, -0.25) is 0 Å². The summed E-state index contributed by atoms with van der Waals surface area (Å²) in [5.74, 6) is 2.75. The molecule has 5 nitrogen and oxygen atoms in total. The van der Waals surface area contributed by atoms with Crippen LogP contribution in [0.3, 0.4) is 0 Å². The van der Waals surface area contributed by atoms with Crippen molar-refractivity contribution in [3.05, 3.63) is 11.9 Å². The third-order valence-electron chi connectivity index (χ3n) is 3.47. The molecule has 1 saturated heterocycles. The minimum absolute atomic E-state index is 0.576. The highest BCUT2D eigenvalue weighted by molar-refractivity contribution is 5.49. The lowest BCUT2D eigenvalue weighted by Gasteiger charge is -2.19. The highest BCUT2D eigenvalue weighted by atomic mass is 15.2. The van der Waals surface area contributed by atoms with Gasteiger partial charge >= 0.3 is 0 Å². The summed E-state index contributed by atoms with van der Waals surface area (Å²) in [6.45, 7) is 7.21. The molecule has 5 heteroatoms. The lowest BCUT2D eigenvalue weighted by Crippen LogP contribution is -2.29. The summed E-state index contributed by atoms with van der Waals surface area (Å²) >= 11 is 0. The molecule has 0 amide bonds. The number of rotatable bonds is 6. The van der Waals surface area contributed by atoms with Gasteiger partial charge in [-0.2, -0.15) is 0 Å². The Morgan fingerprint density at radius 3 is 3.00 bits per heavy atom. The average molecular weight is 263 g/mol. The van der Waals surface area contributed by atoms with Crippen molar-refractivity contribution in [2.45, 2.75) is 39.2 Å². The van der Waals surface area contributed by atoms with E-state index in [-0.39, 0.29) is 0 Å². The monoisotopic (exact) mass is 263 g/mol. The van der Waals surface area contributed by atoms with Gasteiger partial charge in [-0.1, -0.05) is 6.92 Å². The fourth-order valence-corrected chi connectivity index (χ4v) is 2.45. The first-order valence-electron chi connectivity index (χ1n) is 7.23. The van der Waals surface area contributed by atoms with E-state index in [4.69, 9.17) is 0 Å². The maximum Gasteiger partial charge on any atom is 0.134 e. The van der Waals surface area contributed by atoms with Crippen LogP contribution in [-0.4, -0.2) is 42.7 Å². The van der Waals surface area contributed by atoms with Crippen molar-refractivity contribution in [2.75, 3.05) is 36.9 Å². The van der Waals surface area contributed by atoms with Crippen molar-refractivity contribution in [1.29, 1.82) is 0 Å². The van der Waals surface area contributed by atoms with Gasteiger partial charge in [0.2, 0.25) is 0 Å². The normalized spacial score (nSPS) is 18.6. The van der Waals surface area contributed by atoms with Gasteiger partial charge in [-0.15, -0.1) is 0 Å². The number of hydrogen-bond acceptors (Lipinski definition) is 5. The molecule has 19 heavy (non-hydrogen) atoms. The van der Waals surface area contributed by atoms with Crippen molar-refractivity contribution in [2.24, 2.45) is 0 Å². The highest BCUT2D eigenvalue weighted by Crippen LogP contribution is 2.15. The Morgan fingerprint density at radius 2 is 2.32 bits per heavy atom. The molecule has 1 aliphatic heterocycles. The Kier molecular flexibility index (Phi) is 4.96. The van der Waals surface area contributed by atoms with E-state index in [1.54, 1.807) is 0 Å². The third-order valence-corrected chi connectivity index (χ3v) is 3.47. The van der Waals surface area contributed by atoms with Crippen LogP contribution in [0.1, 0.15) is 32.0 Å². The lowest BCUT2D eigenvalue weighted by atomic mass is 10.2. The van der Waals surface area contributed by atoms with Crippen LogP contribution in [0.25, 0.3) is 0 Å². The second kappa shape index (κ2) is 6.70. The Bertz CT molecular complexity index is 401. The first-order valence-corrected chi connectivity index (χ1v) is 7.23. The molecule has 0 aromatic carbocycles. The minimum atomic E-state index is 0.576. The van der Waals surface area contributed by atoms with Gasteiger partial charge in [0.15, 0.2) is 0 Å². The van der Waals surface area contributed by atoms with E-state index < -0.39 is 0 Å². The Morgan fingerprint density at radius 1 is 1.47 bits per heavy atom. The lowest BCUT2D eigenvalue weighted by molar-refractivity contribution is 0.632. The number of nitrogens with zero attached hydrogens (tertiary/aromatic N) is 3. The molecule has 0 saturated carbocycles. The summed E-state index contributed by atoms with van der Waals surface area (Å²) < 4.78 is 0. The fraction of sp³-hybridized carbons (Fsp3) is 0.714. The van der Waals surface area contributed by atoms with Crippen LogP contribution < -0.4 is 15.5 Å². The van der Waals surface area contributed by atoms with E-state index in [0.29, 0.717) is 6.04 Å². The Labute approximate surface area is 115 Å². The predicted molar refractivity (Wildman–Crippen MR) is 79.8 cm³/mol. The molecule has 2 rings (SSSR count). The molecule has 0 radical (unpaired) electrons. The van der Waals surface area contributed by atoms with Crippen LogP contribution in [0.2, 0.25) is 0 Å². The molecule has 1 aromatic rings. The van der Waals surface area contributed by atoms with Gasteiger partial charge < -0.3 is 15.5 Å². The molecular weight excluding hydrogens is 238 g/mol. The van der Waals surface area contributed by atoms with Crippen LogP contribution >= 0.6 is 0 Å². The van der Waals surface area contributed by atoms with Crippen LogP contribution in [0.4, 0.5) is 11.6 Å². The van der Waals surface area contributed by atoms with E-state index in [9.17, 15) is 0 Å². The molecule has 1 aliphatic rings. The SMILES string of the molecule is CCCN(C)c1cc(NCC2CCCN2)nc(C)n1. The minimum Gasteiger partial charge on any atom is -0.368 e. The number of aromatic nitrogens is 2. The quantitative estimate of drug-likeness (QED) is 0.819. The zero-order valence-electron chi connectivity index (χ0n) is 12.2. The molecule has 1 atom stereocenters. The van der Waals surface area contributed by atoms with Crippen molar-refractivity contribution >= 4 is 11.6 Å². The van der Waals surface area contributed by atoms with Crippen LogP contribution in [-0.2, 0) is 0 Å². The van der Waals surface area contributed by atoms with E-state index in [1.165, 1.54) is 12.8 Å². The van der Waals surface area contributed by atoms with Gasteiger partial charge in [0, 0.05) is 32.2 Å². The fourth-order valence-electron chi connectivity index (χ4n) is 2.45. The number of aryl methyl sites for hydroxylation is 1. The summed E-state index contributed by atoms with van der Waals surface area (Å²) in [4.78, 5) is 11.1. The smallest absolute Gasteiger partial charge is 0.134 e. The van der Waals surface area contributed by atoms with E-state index in [0.717, 1.165) is 43.5 Å². The maximum atomic E-state index is 4.49. The standard InChI is InChI=1S/C14H25N5/c1-4-8-19(3)14-9-13(17-11(2)18-14)16-10-12-6-5-7-15-12/h9,12,15H,4-8,10H2,1-3H3,(H,16,17,18). The second-order valence-corrected chi connectivity index (χ2v) is 5.25. The molecular formula is C14H25N5. The summed E-state index contributed by atoms with van der Waals surface area (Å²) in [5, 5.41) is 6.91. The number of hydrogen-bond donors (Lipinski definition) is 2. The molecule has 0 bridgehead atoms. The summed E-state index contributed by atoms with van der Waals surface area (Å²) in [5.41, 5.74) is 0. The van der Waals surface area contributed by atoms with Crippen LogP contribution in [0.15, 0.2) is 6.07 Å². The molecule has 2 heterocycles. The van der Waals surface area contributed by atoms with Crippen molar-refractivity contribution in [3.63, 3.8) is 0 Å². The Hall–Kier alpha value is -1.36. The molecule has 0 aliphatic carbocycles. The molecule has 1 unspecified atom stereocenters. The van der Waals surface area contributed by atoms with Gasteiger partial charge in [-0.25, -0.2) is 9.97 Å². The highest BCUT2D eigenvalue weighted by Gasteiger charge is 2.14. The summed E-state index contributed by atoms with van der Waals surface area (Å²) in [6.07, 6.45) is 3.65. The maximum absolute atomic E-state index is 4.49. The largest absolute Gasteiger partial charge is 0.368 e. The van der Waals surface area contributed by atoms with E-state index in [2.05, 4.69) is 39.5 Å². The second-order valence-electron chi connectivity index (χ2n) is 5.25. The van der Waals surface area contributed by atoms with Crippen molar-refractivity contribution in [1.82, 2.24) is 15.3 Å². The predicted octanol–water partition coefficient (Wildman–Crippen LogP) is 1.80. The molecule has 1 fully saturated rings. The summed E-state index contributed by atoms with van der Waals surface area (Å²) in [6, 6.07) is 2.62. The average Bonchev–Trinajstić information content (AvgIpc) is 2.89.